The molecule has 0 saturated carbocycles. The van der Waals surface area contributed by atoms with Crippen molar-refractivity contribution in [3.63, 3.8) is 0 Å². The standard InChI is InChI=1S/C13H28N2O4Si/c1-4-17-20(18-5-2,19-6-3)11-15-9-7-8-12(10-15)13(14)16/h12H,4-11H2,1-3H3,(H2,14,16). The minimum atomic E-state index is -2.67. The van der Waals surface area contributed by atoms with Crippen LogP contribution in [0.15, 0.2) is 0 Å². The third kappa shape index (κ3) is 5.14. The fourth-order valence-electron chi connectivity index (χ4n) is 2.63. The average molecular weight is 304 g/mol. The van der Waals surface area contributed by atoms with E-state index < -0.39 is 8.80 Å². The van der Waals surface area contributed by atoms with Gasteiger partial charge in [-0.3, -0.25) is 9.69 Å². The summed E-state index contributed by atoms with van der Waals surface area (Å²) in [6.45, 7) is 9.16. The first-order valence-corrected chi connectivity index (χ1v) is 9.43. The van der Waals surface area contributed by atoms with E-state index in [1.54, 1.807) is 0 Å². The highest BCUT2D eigenvalue weighted by Gasteiger charge is 2.43. The van der Waals surface area contributed by atoms with Crippen LogP contribution in [0.4, 0.5) is 0 Å². The van der Waals surface area contributed by atoms with Crippen molar-refractivity contribution in [2.75, 3.05) is 39.1 Å². The predicted octanol–water partition coefficient (Wildman–Crippen LogP) is 0.771. The zero-order valence-electron chi connectivity index (χ0n) is 12.9. The summed E-state index contributed by atoms with van der Waals surface area (Å²) in [4.78, 5) is 13.6. The zero-order chi connectivity index (χ0) is 15.0. The van der Waals surface area contributed by atoms with E-state index in [0.717, 1.165) is 19.4 Å². The van der Waals surface area contributed by atoms with Gasteiger partial charge < -0.3 is 19.0 Å². The molecule has 0 spiro atoms. The molecule has 1 aliphatic heterocycles. The van der Waals surface area contributed by atoms with Gasteiger partial charge >= 0.3 is 8.80 Å². The highest BCUT2D eigenvalue weighted by atomic mass is 28.4. The Hall–Kier alpha value is -0.473. The van der Waals surface area contributed by atoms with Gasteiger partial charge in [0.15, 0.2) is 0 Å². The van der Waals surface area contributed by atoms with Crippen molar-refractivity contribution in [3.05, 3.63) is 0 Å². The minimum Gasteiger partial charge on any atom is -0.373 e. The van der Waals surface area contributed by atoms with Crippen LogP contribution in [0.1, 0.15) is 33.6 Å². The third-order valence-electron chi connectivity index (χ3n) is 3.42. The van der Waals surface area contributed by atoms with Gasteiger partial charge in [-0.05, 0) is 40.2 Å². The van der Waals surface area contributed by atoms with Crippen LogP contribution in [-0.4, -0.2) is 58.7 Å². The van der Waals surface area contributed by atoms with Gasteiger partial charge in [0.1, 0.15) is 0 Å². The third-order valence-corrected chi connectivity index (χ3v) is 6.44. The smallest absolute Gasteiger partial charge is 0.373 e. The van der Waals surface area contributed by atoms with Gasteiger partial charge in [-0.2, -0.15) is 0 Å². The van der Waals surface area contributed by atoms with Gasteiger partial charge in [-0.15, -0.1) is 0 Å². The number of hydrogen-bond donors (Lipinski definition) is 1. The Bertz CT molecular complexity index is 287. The van der Waals surface area contributed by atoms with E-state index in [4.69, 9.17) is 19.0 Å². The van der Waals surface area contributed by atoms with Crippen LogP contribution in [0.3, 0.4) is 0 Å². The van der Waals surface area contributed by atoms with Crippen LogP contribution in [0.2, 0.25) is 0 Å². The first kappa shape index (κ1) is 17.6. The van der Waals surface area contributed by atoms with E-state index in [1.807, 2.05) is 20.8 Å². The van der Waals surface area contributed by atoms with Gasteiger partial charge in [-0.1, -0.05) is 0 Å². The Morgan fingerprint density at radius 3 is 2.20 bits per heavy atom. The van der Waals surface area contributed by atoms with Gasteiger partial charge in [-0.25, -0.2) is 0 Å². The summed E-state index contributed by atoms with van der Waals surface area (Å²) in [5.41, 5.74) is 5.42. The molecule has 0 aromatic heterocycles. The van der Waals surface area contributed by atoms with Crippen LogP contribution < -0.4 is 5.73 Å². The molecule has 2 N–H and O–H groups in total. The van der Waals surface area contributed by atoms with Crippen molar-refractivity contribution in [3.8, 4) is 0 Å². The van der Waals surface area contributed by atoms with Crippen LogP contribution in [0.5, 0.6) is 0 Å². The van der Waals surface area contributed by atoms with E-state index >= 15 is 0 Å². The lowest BCUT2D eigenvalue weighted by Gasteiger charge is -2.37. The number of likely N-dealkylation sites (tertiary alicyclic amines) is 1. The minimum absolute atomic E-state index is 0.0691. The lowest BCUT2D eigenvalue weighted by Crippen LogP contribution is -2.57. The maximum absolute atomic E-state index is 11.4. The van der Waals surface area contributed by atoms with Crippen molar-refractivity contribution in [1.29, 1.82) is 0 Å². The number of rotatable bonds is 9. The maximum atomic E-state index is 11.4. The second kappa shape index (κ2) is 8.73. The molecule has 1 aliphatic rings. The van der Waals surface area contributed by atoms with E-state index in [2.05, 4.69) is 4.90 Å². The normalized spacial score (nSPS) is 21.1. The molecule has 20 heavy (non-hydrogen) atoms. The Balaban J connectivity index is 2.69. The summed E-state index contributed by atoms with van der Waals surface area (Å²) in [6, 6.07) is 0. The number of amides is 1. The Morgan fingerprint density at radius 1 is 1.20 bits per heavy atom. The number of nitrogens with zero attached hydrogens (tertiary/aromatic N) is 1. The monoisotopic (exact) mass is 304 g/mol. The van der Waals surface area contributed by atoms with Crippen LogP contribution >= 0.6 is 0 Å². The number of carbonyl (C=O) groups is 1. The number of nitrogens with two attached hydrogens (primary N) is 1. The number of primary amides is 1. The molecule has 0 radical (unpaired) electrons. The highest BCUT2D eigenvalue weighted by Crippen LogP contribution is 2.20. The summed E-state index contributed by atoms with van der Waals surface area (Å²) in [6.07, 6.45) is 2.48. The Kier molecular flexibility index (Phi) is 7.68. The molecular weight excluding hydrogens is 276 g/mol. The predicted molar refractivity (Wildman–Crippen MR) is 79.0 cm³/mol. The molecule has 1 unspecified atom stereocenters. The quantitative estimate of drug-likeness (QED) is 0.637. The van der Waals surface area contributed by atoms with Gasteiger partial charge in [0, 0.05) is 26.4 Å². The molecule has 1 saturated heterocycles. The van der Waals surface area contributed by atoms with Gasteiger partial charge in [0.2, 0.25) is 5.91 Å². The molecule has 6 nitrogen and oxygen atoms in total. The largest absolute Gasteiger partial charge is 0.515 e. The van der Waals surface area contributed by atoms with E-state index in [9.17, 15) is 4.79 Å². The first-order valence-electron chi connectivity index (χ1n) is 7.50. The Morgan fingerprint density at radius 2 is 1.75 bits per heavy atom. The Labute approximate surface area is 122 Å². The average Bonchev–Trinajstić information content (AvgIpc) is 2.40. The molecule has 0 aromatic rings. The summed E-state index contributed by atoms with van der Waals surface area (Å²) < 4.78 is 17.5. The molecule has 1 atom stereocenters. The number of hydrogen-bond acceptors (Lipinski definition) is 5. The van der Waals surface area contributed by atoms with Crippen LogP contribution in [0.25, 0.3) is 0 Å². The van der Waals surface area contributed by atoms with E-state index in [-0.39, 0.29) is 11.8 Å². The molecule has 1 heterocycles. The molecule has 1 amide bonds. The lowest BCUT2D eigenvalue weighted by molar-refractivity contribution is -0.123. The molecular formula is C13H28N2O4Si. The molecule has 7 heteroatoms. The van der Waals surface area contributed by atoms with E-state index in [0.29, 0.717) is 32.5 Å². The maximum Gasteiger partial charge on any atom is 0.515 e. The molecule has 118 valence electrons. The summed E-state index contributed by atoms with van der Waals surface area (Å²) in [7, 11) is -2.67. The van der Waals surface area contributed by atoms with Crippen molar-refractivity contribution in [2.45, 2.75) is 33.6 Å². The number of carbonyl (C=O) groups excluding carboxylic acids is 1. The van der Waals surface area contributed by atoms with Crippen molar-refractivity contribution < 1.29 is 18.1 Å². The fraction of sp³-hybridized carbons (Fsp3) is 0.923. The van der Waals surface area contributed by atoms with E-state index in [1.165, 1.54) is 0 Å². The van der Waals surface area contributed by atoms with Crippen molar-refractivity contribution in [2.24, 2.45) is 11.7 Å². The second-order valence-electron chi connectivity index (χ2n) is 4.96. The molecule has 1 rings (SSSR count). The SMILES string of the molecule is CCO[Si](CN1CCCC(C(N)=O)C1)(OCC)OCC. The molecule has 1 fully saturated rings. The van der Waals surface area contributed by atoms with Crippen molar-refractivity contribution >= 4 is 14.7 Å². The summed E-state index contributed by atoms with van der Waals surface area (Å²) in [5.74, 6) is -0.286. The first-order chi connectivity index (χ1) is 9.56. The van der Waals surface area contributed by atoms with Crippen LogP contribution in [-0.2, 0) is 18.1 Å². The lowest BCUT2D eigenvalue weighted by atomic mass is 9.98. The molecule has 0 aliphatic carbocycles. The van der Waals surface area contributed by atoms with Gasteiger partial charge in [0.05, 0.1) is 12.1 Å². The fourth-order valence-corrected chi connectivity index (χ4v) is 5.31. The summed E-state index contributed by atoms with van der Waals surface area (Å²) >= 11 is 0. The summed E-state index contributed by atoms with van der Waals surface area (Å²) in [5, 5.41) is 0. The highest BCUT2D eigenvalue weighted by molar-refractivity contribution is 6.60. The zero-order valence-corrected chi connectivity index (χ0v) is 13.9. The van der Waals surface area contributed by atoms with Gasteiger partial charge in [0.25, 0.3) is 0 Å². The van der Waals surface area contributed by atoms with Crippen molar-refractivity contribution in [1.82, 2.24) is 4.90 Å². The van der Waals surface area contributed by atoms with Crippen LogP contribution in [0, 0.1) is 5.92 Å². The number of piperidine rings is 1. The second-order valence-corrected chi connectivity index (χ2v) is 7.51. The molecule has 0 aromatic carbocycles. The molecule has 0 bridgehead atoms. The topological polar surface area (TPSA) is 74.0 Å².